The van der Waals surface area contributed by atoms with Crippen LogP contribution in [0.1, 0.15) is 40.0 Å². The van der Waals surface area contributed by atoms with Crippen LogP contribution in [-0.2, 0) is 0 Å². The minimum Gasteiger partial charge on any atom is -0.270 e. The van der Waals surface area contributed by atoms with Gasteiger partial charge in [0.2, 0.25) is 0 Å². The summed E-state index contributed by atoms with van der Waals surface area (Å²) < 4.78 is 2.72. The van der Waals surface area contributed by atoms with E-state index in [2.05, 4.69) is 37.6 Å². The van der Waals surface area contributed by atoms with Crippen LogP contribution in [0.4, 0.5) is 0 Å². The number of thiol groups is 1. The summed E-state index contributed by atoms with van der Waals surface area (Å²) in [5.74, 6) is 0.898. The third-order valence-corrected chi connectivity index (χ3v) is 4.94. The molecule has 0 bridgehead atoms. The first kappa shape index (κ1) is 12.4. The molecule has 14 heavy (non-hydrogen) atoms. The third-order valence-electron chi connectivity index (χ3n) is 3.44. The molecule has 0 aromatic heterocycles. The molecular weight excluding hydrogens is 190 g/mol. The Morgan fingerprint density at radius 1 is 1.14 bits per heavy atom. The van der Waals surface area contributed by atoms with E-state index in [-0.39, 0.29) is 11.1 Å². The average molecular weight is 217 g/mol. The van der Waals surface area contributed by atoms with Crippen molar-refractivity contribution >= 4 is 11.1 Å². The molecule has 1 saturated heterocycles. The smallest absolute Gasteiger partial charge is 0.0105 e. The van der Waals surface area contributed by atoms with Crippen molar-refractivity contribution in [2.45, 2.75) is 40.0 Å². The Morgan fingerprint density at radius 2 is 1.79 bits per heavy atom. The van der Waals surface area contributed by atoms with Gasteiger partial charge in [0.05, 0.1) is 0 Å². The van der Waals surface area contributed by atoms with E-state index in [1.54, 1.807) is 0 Å². The lowest BCUT2D eigenvalue weighted by Gasteiger charge is -2.36. The topological polar surface area (TPSA) is 3.24 Å². The minimum absolute atomic E-state index is 0.124. The lowest BCUT2D eigenvalue weighted by atomic mass is 9.78. The summed E-state index contributed by atoms with van der Waals surface area (Å²) in [5.41, 5.74) is 0.494. The summed E-state index contributed by atoms with van der Waals surface area (Å²) >= 11 is 0.124. The predicted molar refractivity (Wildman–Crippen MR) is 69.2 cm³/mol. The van der Waals surface area contributed by atoms with Gasteiger partial charge in [-0.2, -0.15) is 0 Å². The van der Waals surface area contributed by atoms with Crippen LogP contribution in [0.3, 0.4) is 0 Å². The molecule has 2 heteroatoms. The number of hydrogen-bond donors (Lipinski definition) is 1. The number of nitrogens with zero attached hydrogens (tertiary/aromatic N) is 1. The zero-order chi connectivity index (χ0) is 10.8. The van der Waals surface area contributed by atoms with Gasteiger partial charge >= 0.3 is 0 Å². The molecule has 0 aromatic carbocycles. The zero-order valence-electron chi connectivity index (χ0n) is 10.5. The van der Waals surface area contributed by atoms with E-state index in [0.717, 1.165) is 5.92 Å². The molecule has 1 unspecified atom stereocenters. The maximum absolute atomic E-state index is 2.72. The molecule has 1 nitrogen and oxygen atoms in total. The predicted octanol–water partition coefficient (Wildman–Crippen LogP) is 3.31. The Hall–Kier alpha value is 0.310. The van der Waals surface area contributed by atoms with E-state index in [9.17, 15) is 0 Å². The van der Waals surface area contributed by atoms with Crippen LogP contribution < -0.4 is 0 Å². The van der Waals surface area contributed by atoms with Crippen molar-refractivity contribution in [2.24, 2.45) is 11.3 Å². The van der Waals surface area contributed by atoms with Crippen molar-refractivity contribution in [3.8, 4) is 0 Å². The monoisotopic (exact) mass is 217 g/mol. The molecule has 1 rings (SSSR count). The largest absolute Gasteiger partial charge is 0.270 e. The Bertz CT molecular complexity index is 172. The van der Waals surface area contributed by atoms with Gasteiger partial charge in [0, 0.05) is 13.1 Å². The average Bonchev–Trinajstić information content (AvgIpc) is 2.26. The Balaban J connectivity index is 2.60. The summed E-state index contributed by atoms with van der Waals surface area (Å²) in [6, 6.07) is 0. The van der Waals surface area contributed by atoms with E-state index >= 15 is 0 Å². The highest BCUT2D eigenvalue weighted by Gasteiger charge is 2.28. The van der Waals surface area contributed by atoms with Crippen LogP contribution >= 0.6 is 11.1 Å². The highest BCUT2D eigenvalue weighted by molar-refractivity contribution is 8.13. The third kappa shape index (κ3) is 3.47. The molecule has 1 fully saturated rings. The number of hydrogen-bond acceptors (Lipinski definition) is 1. The van der Waals surface area contributed by atoms with Crippen LogP contribution in [0.2, 0.25) is 0 Å². The Labute approximate surface area is 92.7 Å². The molecule has 0 spiro atoms. The molecule has 86 valence electrons. The molecule has 1 atom stereocenters. The Kier molecular flexibility index (Phi) is 4.32. The van der Waals surface area contributed by atoms with Crippen LogP contribution in [0.5, 0.6) is 0 Å². The zero-order valence-corrected chi connectivity index (χ0v) is 11.4. The van der Waals surface area contributed by atoms with Gasteiger partial charge in [-0.25, -0.2) is 11.1 Å². The quantitative estimate of drug-likeness (QED) is 0.660. The van der Waals surface area contributed by atoms with Gasteiger partial charge in [0.15, 0.2) is 0 Å². The lowest BCUT2D eigenvalue weighted by Crippen LogP contribution is -2.31. The summed E-state index contributed by atoms with van der Waals surface area (Å²) in [6.45, 7) is 9.87. The van der Waals surface area contributed by atoms with Gasteiger partial charge in [0.25, 0.3) is 0 Å². The standard InChI is InChI=1S/C12H27NS/c1-12(2,3)11-8-6-7-9-13(10-11)14(4)5/h11,14H,6-10H2,1-5H3. The molecule has 1 heterocycles. The van der Waals surface area contributed by atoms with Crippen molar-refractivity contribution in [2.75, 3.05) is 25.6 Å². The maximum Gasteiger partial charge on any atom is 0.0105 e. The van der Waals surface area contributed by atoms with Gasteiger partial charge in [-0.15, -0.1) is 0 Å². The first-order valence-corrected chi connectivity index (χ1v) is 8.02. The van der Waals surface area contributed by atoms with Gasteiger partial charge in [-0.3, -0.25) is 4.31 Å². The molecule has 0 saturated carbocycles. The molecule has 1 aliphatic rings. The summed E-state index contributed by atoms with van der Waals surface area (Å²) in [5, 5.41) is 0. The molecule has 1 aliphatic heterocycles. The summed E-state index contributed by atoms with van der Waals surface area (Å²) in [4.78, 5) is 0. The first-order valence-electron chi connectivity index (χ1n) is 5.83. The van der Waals surface area contributed by atoms with Gasteiger partial charge in [-0.05, 0) is 36.7 Å². The van der Waals surface area contributed by atoms with Gasteiger partial charge in [-0.1, -0.05) is 27.2 Å². The van der Waals surface area contributed by atoms with Crippen LogP contribution in [0.15, 0.2) is 0 Å². The van der Waals surface area contributed by atoms with Crippen LogP contribution in [0, 0.1) is 11.3 Å². The van der Waals surface area contributed by atoms with E-state index in [4.69, 9.17) is 0 Å². The van der Waals surface area contributed by atoms with Gasteiger partial charge < -0.3 is 0 Å². The molecule has 0 amide bonds. The summed E-state index contributed by atoms with van der Waals surface area (Å²) in [6.07, 6.45) is 9.05. The fraction of sp³-hybridized carbons (Fsp3) is 1.00. The molecule has 0 radical (unpaired) electrons. The highest BCUT2D eigenvalue weighted by Crippen LogP contribution is 2.36. The maximum atomic E-state index is 2.72. The fourth-order valence-electron chi connectivity index (χ4n) is 2.19. The van der Waals surface area contributed by atoms with Gasteiger partial charge in [0.1, 0.15) is 0 Å². The van der Waals surface area contributed by atoms with Crippen molar-refractivity contribution < 1.29 is 0 Å². The Morgan fingerprint density at radius 3 is 2.29 bits per heavy atom. The van der Waals surface area contributed by atoms with E-state index in [1.807, 2.05) is 0 Å². The second kappa shape index (κ2) is 4.89. The normalized spacial score (nSPS) is 27.2. The van der Waals surface area contributed by atoms with E-state index < -0.39 is 0 Å². The van der Waals surface area contributed by atoms with E-state index in [1.165, 1.54) is 32.4 Å². The highest BCUT2D eigenvalue weighted by atomic mass is 32.2. The van der Waals surface area contributed by atoms with Crippen molar-refractivity contribution in [3.05, 3.63) is 0 Å². The van der Waals surface area contributed by atoms with Crippen LogP contribution in [0.25, 0.3) is 0 Å². The van der Waals surface area contributed by atoms with E-state index in [0.29, 0.717) is 5.41 Å². The first-order chi connectivity index (χ1) is 6.41. The second-order valence-corrected chi connectivity index (χ2v) is 8.08. The molecule has 0 aliphatic carbocycles. The van der Waals surface area contributed by atoms with Crippen molar-refractivity contribution in [1.29, 1.82) is 0 Å². The molecule has 0 aromatic rings. The molecular formula is C12H27NS. The minimum atomic E-state index is 0.124. The summed E-state index contributed by atoms with van der Waals surface area (Å²) in [7, 11) is 0. The SMILES string of the molecule is C[SH](C)N1CCCCC(C(C)(C)C)C1. The van der Waals surface area contributed by atoms with Crippen molar-refractivity contribution in [3.63, 3.8) is 0 Å². The van der Waals surface area contributed by atoms with Crippen LogP contribution in [-0.4, -0.2) is 29.9 Å². The fourth-order valence-corrected chi connectivity index (χ4v) is 3.26. The second-order valence-electron chi connectivity index (χ2n) is 5.82. The lowest BCUT2D eigenvalue weighted by molar-refractivity contribution is 0.205. The number of rotatable bonds is 1. The molecule has 0 N–H and O–H groups in total. The van der Waals surface area contributed by atoms with Crippen molar-refractivity contribution in [1.82, 2.24) is 4.31 Å².